The van der Waals surface area contributed by atoms with Crippen LogP contribution < -0.4 is 5.73 Å². The van der Waals surface area contributed by atoms with E-state index in [0.29, 0.717) is 16.4 Å². The van der Waals surface area contributed by atoms with Crippen LogP contribution in [-0.2, 0) is 0 Å². The molecule has 1 aromatic carbocycles. The molecule has 0 aliphatic carbocycles. The molecular formula is C19H22N4OS. The number of fused-ring (bicyclic) bond motifs is 1. The molecule has 0 unspecified atom stereocenters. The summed E-state index contributed by atoms with van der Waals surface area (Å²) in [6.07, 6.45) is 2.02. The second-order valence-corrected chi connectivity index (χ2v) is 7.10. The Balaban J connectivity index is 2.04. The molecule has 3 aromatic rings. The Morgan fingerprint density at radius 3 is 2.64 bits per heavy atom. The van der Waals surface area contributed by atoms with Crippen molar-refractivity contribution < 1.29 is 4.79 Å². The lowest BCUT2D eigenvalue weighted by Crippen LogP contribution is -2.27. The zero-order valence-electron chi connectivity index (χ0n) is 14.7. The predicted octanol–water partition coefficient (Wildman–Crippen LogP) is 4.12. The highest BCUT2D eigenvalue weighted by atomic mass is 32.1. The fraction of sp³-hybridized carbons (Fsp3) is 0.316. The summed E-state index contributed by atoms with van der Waals surface area (Å²) in [6, 6.07) is 9.82. The Kier molecular flexibility index (Phi) is 4.99. The van der Waals surface area contributed by atoms with E-state index in [1.165, 1.54) is 11.3 Å². The average molecular weight is 354 g/mol. The van der Waals surface area contributed by atoms with Gasteiger partial charge in [-0.1, -0.05) is 43.7 Å². The minimum absolute atomic E-state index is 0.0467. The second-order valence-electron chi connectivity index (χ2n) is 6.10. The molecular weight excluding hydrogens is 332 g/mol. The smallest absolute Gasteiger partial charge is 0.265 e. The fourth-order valence-electron chi connectivity index (χ4n) is 2.74. The largest absolute Gasteiger partial charge is 0.397 e. The monoisotopic (exact) mass is 354 g/mol. The van der Waals surface area contributed by atoms with Crippen molar-refractivity contribution in [2.75, 3.05) is 19.3 Å². The highest BCUT2D eigenvalue weighted by Gasteiger charge is 2.22. The predicted molar refractivity (Wildman–Crippen MR) is 104 cm³/mol. The van der Waals surface area contributed by atoms with Gasteiger partial charge < -0.3 is 10.6 Å². The number of nitrogens with two attached hydrogens (primary N) is 1. The zero-order valence-corrected chi connectivity index (χ0v) is 15.6. The van der Waals surface area contributed by atoms with E-state index in [1.54, 1.807) is 4.90 Å². The fourth-order valence-corrected chi connectivity index (χ4v) is 3.88. The highest BCUT2D eigenvalue weighted by molar-refractivity contribution is 7.21. The number of nitrogens with zero attached hydrogens (tertiary/aromatic N) is 3. The Hall–Kier alpha value is -2.47. The van der Waals surface area contributed by atoms with Gasteiger partial charge in [-0.2, -0.15) is 0 Å². The Bertz CT molecular complexity index is 905. The maximum absolute atomic E-state index is 12.7. The molecule has 0 radical (unpaired) electrons. The maximum atomic E-state index is 12.7. The lowest BCUT2D eigenvalue weighted by atomic mass is 10.2. The number of aromatic nitrogens is 2. The molecule has 0 atom stereocenters. The number of hydrogen-bond donors (Lipinski definition) is 1. The van der Waals surface area contributed by atoms with Gasteiger partial charge in [-0.3, -0.25) is 4.79 Å². The highest BCUT2D eigenvalue weighted by Crippen LogP contribution is 2.36. The first-order valence-electron chi connectivity index (χ1n) is 8.40. The lowest BCUT2D eigenvalue weighted by molar-refractivity contribution is 0.0799. The minimum atomic E-state index is -0.0467. The SMILES string of the molecule is CCCCN(C)C(=O)c1sc2nc(-c3ccccc3)nc(C)c2c1N. The van der Waals surface area contributed by atoms with Crippen LogP contribution in [0.3, 0.4) is 0 Å². The van der Waals surface area contributed by atoms with Gasteiger partial charge in [-0.15, -0.1) is 11.3 Å². The molecule has 0 aliphatic rings. The lowest BCUT2D eigenvalue weighted by Gasteiger charge is -2.15. The second kappa shape index (κ2) is 7.19. The van der Waals surface area contributed by atoms with E-state index in [2.05, 4.69) is 16.9 Å². The van der Waals surface area contributed by atoms with Crippen molar-refractivity contribution in [1.29, 1.82) is 0 Å². The summed E-state index contributed by atoms with van der Waals surface area (Å²) in [4.78, 5) is 25.0. The van der Waals surface area contributed by atoms with Gasteiger partial charge in [0.2, 0.25) is 0 Å². The minimum Gasteiger partial charge on any atom is -0.397 e. The number of carbonyl (C=O) groups excluding carboxylic acids is 1. The molecule has 0 bridgehead atoms. The first-order valence-corrected chi connectivity index (χ1v) is 9.22. The maximum Gasteiger partial charge on any atom is 0.265 e. The van der Waals surface area contributed by atoms with Crippen LogP contribution in [0.5, 0.6) is 0 Å². The molecule has 0 spiro atoms. The van der Waals surface area contributed by atoms with Gasteiger partial charge in [0, 0.05) is 19.2 Å². The van der Waals surface area contributed by atoms with Crippen molar-refractivity contribution in [3.8, 4) is 11.4 Å². The number of thiophene rings is 1. The molecule has 0 saturated carbocycles. The van der Waals surface area contributed by atoms with Gasteiger partial charge in [0.25, 0.3) is 5.91 Å². The first kappa shape index (κ1) is 17.4. The van der Waals surface area contributed by atoms with E-state index >= 15 is 0 Å². The molecule has 130 valence electrons. The van der Waals surface area contributed by atoms with Gasteiger partial charge in [-0.25, -0.2) is 9.97 Å². The van der Waals surface area contributed by atoms with Gasteiger partial charge in [0.1, 0.15) is 9.71 Å². The molecule has 1 amide bonds. The third-order valence-corrected chi connectivity index (χ3v) is 5.28. The van der Waals surface area contributed by atoms with Crippen LogP contribution in [0.25, 0.3) is 21.6 Å². The number of nitrogen functional groups attached to an aromatic ring is 1. The van der Waals surface area contributed by atoms with Gasteiger partial charge in [0.05, 0.1) is 16.8 Å². The van der Waals surface area contributed by atoms with Crippen LogP contribution in [0.15, 0.2) is 30.3 Å². The summed E-state index contributed by atoms with van der Waals surface area (Å²) < 4.78 is 0. The van der Waals surface area contributed by atoms with E-state index in [9.17, 15) is 4.79 Å². The summed E-state index contributed by atoms with van der Waals surface area (Å²) >= 11 is 1.35. The average Bonchev–Trinajstić information content (AvgIpc) is 2.96. The van der Waals surface area contributed by atoms with Gasteiger partial charge in [-0.05, 0) is 13.3 Å². The summed E-state index contributed by atoms with van der Waals surface area (Å²) in [7, 11) is 1.82. The third-order valence-electron chi connectivity index (χ3n) is 4.19. The molecule has 5 nitrogen and oxygen atoms in total. The van der Waals surface area contributed by atoms with Crippen molar-refractivity contribution in [2.24, 2.45) is 0 Å². The third kappa shape index (κ3) is 3.35. The number of anilines is 1. The van der Waals surface area contributed by atoms with Crippen LogP contribution in [0.4, 0.5) is 5.69 Å². The van der Waals surface area contributed by atoms with Crippen molar-refractivity contribution in [3.63, 3.8) is 0 Å². The molecule has 2 N–H and O–H groups in total. The quantitative estimate of drug-likeness (QED) is 0.748. The number of benzene rings is 1. The Morgan fingerprint density at radius 1 is 1.24 bits per heavy atom. The van der Waals surface area contributed by atoms with E-state index < -0.39 is 0 Å². The van der Waals surface area contributed by atoms with Crippen molar-refractivity contribution in [3.05, 3.63) is 40.9 Å². The number of amides is 1. The first-order chi connectivity index (χ1) is 12.0. The van der Waals surface area contributed by atoms with E-state index in [-0.39, 0.29) is 5.91 Å². The summed E-state index contributed by atoms with van der Waals surface area (Å²) in [6.45, 7) is 4.74. The topological polar surface area (TPSA) is 72.1 Å². The van der Waals surface area contributed by atoms with Crippen LogP contribution in [0.1, 0.15) is 35.1 Å². The molecule has 3 rings (SSSR count). The summed E-state index contributed by atoms with van der Waals surface area (Å²) in [5.74, 6) is 0.611. The van der Waals surface area contributed by atoms with Crippen LogP contribution >= 0.6 is 11.3 Å². The molecule has 25 heavy (non-hydrogen) atoms. The molecule has 0 saturated heterocycles. The zero-order chi connectivity index (χ0) is 18.0. The van der Waals surface area contributed by atoms with Gasteiger partial charge in [0.15, 0.2) is 5.82 Å². The summed E-state index contributed by atoms with van der Waals surface area (Å²) in [5.41, 5.74) is 8.52. The van der Waals surface area contributed by atoms with Crippen molar-refractivity contribution >= 4 is 33.1 Å². The molecule has 0 fully saturated rings. The van der Waals surface area contributed by atoms with Crippen molar-refractivity contribution in [2.45, 2.75) is 26.7 Å². The molecule has 6 heteroatoms. The number of carbonyl (C=O) groups is 1. The number of aryl methyl sites for hydroxylation is 1. The van der Waals surface area contributed by atoms with E-state index in [0.717, 1.165) is 40.9 Å². The normalized spacial score (nSPS) is 11.0. The summed E-state index contributed by atoms with van der Waals surface area (Å²) in [5, 5.41) is 0.789. The van der Waals surface area contributed by atoms with Crippen LogP contribution in [0, 0.1) is 6.92 Å². The molecule has 0 aliphatic heterocycles. The molecule has 2 heterocycles. The number of unbranched alkanes of at least 4 members (excludes halogenated alkanes) is 1. The van der Waals surface area contributed by atoms with Gasteiger partial charge >= 0.3 is 0 Å². The standard InChI is InChI=1S/C19H22N4OS/c1-4-5-11-23(3)19(24)16-15(20)14-12(2)21-17(22-18(14)25-16)13-9-7-6-8-10-13/h6-10H,4-5,11,20H2,1-3H3. The van der Waals surface area contributed by atoms with Crippen LogP contribution in [0.2, 0.25) is 0 Å². The Morgan fingerprint density at radius 2 is 1.96 bits per heavy atom. The van der Waals surface area contributed by atoms with Crippen LogP contribution in [-0.4, -0.2) is 34.4 Å². The van der Waals surface area contributed by atoms with Crippen molar-refractivity contribution in [1.82, 2.24) is 14.9 Å². The number of rotatable bonds is 5. The van der Waals surface area contributed by atoms with E-state index in [4.69, 9.17) is 5.73 Å². The molecule has 2 aromatic heterocycles. The number of hydrogen-bond acceptors (Lipinski definition) is 5. The van der Waals surface area contributed by atoms with E-state index in [1.807, 2.05) is 44.3 Å². The Labute approximate surface area is 151 Å².